The lowest BCUT2D eigenvalue weighted by atomic mass is 9.91. The third-order valence-electron chi connectivity index (χ3n) is 3.94. The molecule has 6 nitrogen and oxygen atoms in total. The first-order chi connectivity index (χ1) is 11.7. The number of thioether (sulfide) groups is 1. The Morgan fingerprint density at radius 2 is 2.00 bits per heavy atom. The number of para-hydroxylation sites is 1. The highest BCUT2D eigenvalue weighted by Crippen LogP contribution is 2.24. The van der Waals surface area contributed by atoms with Gasteiger partial charge >= 0.3 is 0 Å². The molecule has 1 aliphatic heterocycles. The van der Waals surface area contributed by atoms with Crippen LogP contribution >= 0.6 is 11.8 Å². The van der Waals surface area contributed by atoms with Gasteiger partial charge in [0.2, 0.25) is 11.8 Å². The van der Waals surface area contributed by atoms with E-state index in [1.165, 1.54) is 11.8 Å². The zero-order chi connectivity index (χ0) is 18.6. The summed E-state index contributed by atoms with van der Waals surface area (Å²) in [6, 6.07) is 7.53. The highest BCUT2D eigenvalue weighted by Gasteiger charge is 2.32. The van der Waals surface area contributed by atoms with Crippen LogP contribution in [0.4, 0.5) is 5.69 Å². The average Bonchev–Trinajstić information content (AvgIpc) is 2.86. The lowest BCUT2D eigenvalue weighted by Crippen LogP contribution is -2.28. The Bertz CT molecular complexity index is 735. The lowest BCUT2D eigenvalue weighted by molar-refractivity contribution is -0.122. The number of carbonyl (C=O) groups is 2. The molecule has 2 rings (SSSR count). The predicted molar refractivity (Wildman–Crippen MR) is 104 cm³/mol. The Kier molecular flexibility index (Phi) is 6.00. The third-order valence-corrected chi connectivity index (χ3v) is 5.01. The fourth-order valence-electron chi connectivity index (χ4n) is 1.94. The summed E-state index contributed by atoms with van der Waals surface area (Å²) in [6.45, 7) is 9.97. The van der Waals surface area contributed by atoms with E-state index in [9.17, 15) is 9.59 Å². The molecule has 1 aromatic rings. The first-order valence-electron chi connectivity index (χ1n) is 8.12. The molecule has 0 bridgehead atoms. The van der Waals surface area contributed by atoms with Crippen LogP contribution in [-0.4, -0.2) is 27.9 Å². The summed E-state index contributed by atoms with van der Waals surface area (Å²) in [5.41, 5.74) is 2.53. The van der Waals surface area contributed by atoms with E-state index < -0.39 is 5.25 Å². The van der Waals surface area contributed by atoms with Crippen molar-refractivity contribution in [3.05, 3.63) is 29.8 Å². The Hall–Kier alpha value is -2.15. The van der Waals surface area contributed by atoms with E-state index in [4.69, 9.17) is 0 Å². The van der Waals surface area contributed by atoms with Crippen LogP contribution in [0.3, 0.4) is 0 Å². The van der Waals surface area contributed by atoms with Crippen LogP contribution in [0, 0.1) is 12.3 Å². The summed E-state index contributed by atoms with van der Waals surface area (Å²) in [5, 5.41) is 13.7. The normalized spacial score (nSPS) is 19.9. The van der Waals surface area contributed by atoms with Gasteiger partial charge in [-0.1, -0.05) is 50.7 Å². The van der Waals surface area contributed by atoms with Crippen LogP contribution in [0.25, 0.3) is 0 Å². The van der Waals surface area contributed by atoms with Crippen molar-refractivity contribution >= 4 is 40.1 Å². The van der Waals surface area contributed by atoms with Gasteiger partial charge < -0.3 is 10.6 Å². The molecule has 2 amide bonds. The molecule has 1 aliphatic rings. The van der Waals surface area contributed by atoms with E-state index in [2.05, 4.69) is 20.8 Å². The molecule has 0 spiro atoms. The fourth-order valence-corrected chi connectivity index (χ4v) is 2.86. The molecule has 134 valence electrons. The number of hydrogen-bond donors (Lipinski definition) is 2. The maximum atomic E-state index is 12.2. The Morgan fingerprint density at radius 3 is 2.64 bits per heavy atom. The van der Waals surface area contributed by atoms with Crippen molar-refractivity contribution < 1.29 is 9.59 Å². The smallest absolute Gasteiger partial charge is 0.240 e. The molecule has 0 radical (unpaired) electrons. The second-order valence-electron chi connectivity index (χ2n) is 7.00. The number of hydrogen-bond acceptors (Lipinski definition) is 5. The molecule has 25 heavy (non-hydrogen) atoms. The zero-order valence-corrected chi connectivity index (χ0v) is 16.0. The first kappa shape index (κ1) is 19.2. The number of benzene rings is 1. The Morgan fingerprint density at radius 1 is 1.32 bits per heavy atom. The molecule has 7 heteroatoms. The molecular formula is C18H24N4O2S. The Balaban J connectivity index is 1.97. The quantitative estimate of drug-likeness (QED) is 0.638. The van der Waals surface area contributed by atoms with Gasteiger partial charge in [-0.2, -0.15) is 5.10 Å². The van der Waals surface area contributed by atoms with Gasteiger partial charge in [-0.05, 0) is 25.5 Å². The van der Waals surface area contributed by atoms with E-state index in [-0.39, 0.29) is 23.7 Å². The summed E-state index contributed by atoms with van der Waals surface area (Å²) in [7, 11) is 0. The highest BCUT2D eigenvalue weighted by molar-refractivity contribution is 8.15. The third kappa shape index (κ3) is 5.42. The minimum Gasteiger partial charge on any atom is -0.326 e. The molecule has 0 saturated carbocycles. The van der Waals surface area contributed by atoms with Crippen LogP contribution in [-0.2, 0) is 9.59 Å². The van der Waals surface area contributed by atoms with Gasteiger partial charge in [-0.3, -0.25) is 9.59 Å². The second kappa shape index (κ2) is 7.82. The van der Waals surface area contributed by atoms with Crippen molar-refractivity contribution in [1.29, 1.82) is 0 Å². The van der Waals surface area contributed by atoms with Gasteiger partial charge in [0.05, 0.1) is 0 Å². The summed E-state index contributed by atoms with van der Waals surface area (Å²) < 4.78 is 0. The Labute approximate surface area is 152 Å². The minimum atomic E-state index is -0.493. The molecule has 1 saturated heterocycles. The molecule has 1 aromatic carbocycles. The largest absolute Gasteiger partial charge is 0.326 e. The van der Waals surface area contributed by atoms with Gasteiger partial charge in [0.1, 0.15) is 5.25 Å². The van der Waals surface area contributed by atoms with Crippen molar-refractivity contribution in [2.45, 2.75) is 46.3 Å². The second-order valence-corrected chi connectivity index (χ2v) is 8.19. The van der Waals surface area contributed by atoms with Crippen LogP contribution in [0.2, 0.25) is 0 Å². The monoisotopic (exact) mass is 360 g/mol. The summed E-state index contributed by atoms with van der Waals surface area (Å²) >= 11 is 1.24. The molecule has 1 heterocycles. The van der Waals surface area contributed by atoms with Crippen molar-refractivity contribution in [3.8, 4) is 0 Å². The summed E-state index contributed by atoms with van der Waals surface area (Å²) in [6.07, 6.45) is 0.0891. The van der Waals surface area contributed by atoms with E-state index in [1.807, 2.05) is 58.9 Å². The first-order valence-corrected chi connectivity index (χ1v) is 9.00. The van der Waals surface area contributed by atoms with Crippen LogP contribution < -0.4 is 10.6 Å². The lowest BCUT2D eigenvalue weighted by Gasteiger charge is -2.16. The number of carbonyl (C=O) groups excluding carboxylic acids is 2. The van der Waals surface area contributed by atoms with E-state index in [0.717, 1.165) is 17.0 Å². The number of amides is 2. The number of anilines is 1. The molecule has 1 atom stereocenters. The SMILES string of the molecule is C/C(=N/N=C1\NC(=O)[C@H](CC(=O)Nc2ccccc2C)S1)C(C)(C)C. The van der Waals surface area contributed by atoms with Gasteiger partial charge in [0.15, 0.2) is 5.17 Å². The molecular weight excluding hydrogens is 336 g/mol. The van der Waals surface area contributed by atoms with E-state index >= 15 is 0 Å². The number of aryl methyl sites for hydroxylation is 1. The van der Waals surface area contributed by atoms with Gasteiger partial charge in [0, 0.05) is 23.2 Å². The topological polar surface area (TPSA) is 82.9 Å². The van der Waals surface area contributed by atoms with Crippen LogP contribution in [0.15, 0.2) is 34.5 Å². The van der Waals surface area contributed by atoms with Gasteiger partial charge in [0.25, 0.3) is 0 Å². The number of nitrogens with one attached hydrogen (secondary N) is 2. The van der Waals surface area contributed by atoms with Gasteiger partial charge in [-0.25, -0.2) is 0 Å². The summed E-state index contributed by atoms with van der Waals surface area (Å²) in [4.78, 5) is 24.2. The molecule has 2 N–H and O–H groups in total. The molecule has 0 aliphatic carbocycles. The van der Waals surface area contributed by atoms with Crippen molar-refractivity contribution in [3.63, 3.8) is 0 Å². The average molecular weight is 360 g/mol. The fraction of sp³-hybridized carbons (Fsp3) is 0.444. The van der Waals surface area contributed by atoms with Gasteiger partial charge in [-0.15, -0.1) is 5.10 Å². The minimum absolute atomic E-state index is 0.0792. The zero-order valence-electron chi connectivity index (χ0n) is 15.2. The summed E-state index contributed by atoms with van der Waals surface area (Å²) in [5.74, 6) is -0.412. The highest BCUT2D eigenvalue weighted by atomic mass is 32.2. The van der Waals surface area contributed by atoms with E-state index in [0.29, 0.717) is 5.17 Å². The molecule has 0 unspecified atom stereocenters. The predicted octanol–water partition coefficient (Wildman–Crippen LogP) is 3.33. The maximum absolute atomic E-state index is 12.2. The van der Waals surface area contributed by atoms with Crippen LogP contribution in [0.1, 0.15) is 39.7 Å². The number of rotatable bonds is 4. The van der Waals surface area contributed by atoms with Crippen molar-refractivity contribution in [1.82, 2.24) is 5.32 Å². The number of amidine groups is 1. The van der Waals surface area contributed by atoms with E-state index in [1.54, 1.807) is 0 Å². The van der Waals surface area contributed by atoms with Crippen molar-refractivity contribution in [2.75, 3.05) is 5.32 Å². The van der Waals surface area contributed by atoms with Crippen molar-refractivity contribution in [2.24, 2.45) is 15.6 Å². The molecule has 0 aromatic heterocycles. The van der Waals surface area contributed by atoms with Crippen LogP contribution in [0.5, 0.6) is 0 Å². The standard InChI is InChI=1S/C18H24N4O2S/c1-11-8-6-7-9-13(11)19-15(23)10-14-16(24)20-17(25-14)22-21-12(2)18(3,4)5/h6-9,14H,10H2,1-5H3,(H,19,23)(H,20,22,24)/b21-12-/t14-/m0/s1. The maximum Gasteiger partial charge on any atom is 0.240 e. The molecule has 1 fully saturated rings. The number of nitrogens with zero attached hydrogens (tertiary/aromatic N) is 2.